The molecule has 1 aliphatic rings. The van der Waals surface area contributed by atoms with Crippen LogP contribution in [0.2, 0.25) is 5.02 Å². The Kier molecular flexibility index (Phi) is 5.92. The molecule has 1 aliphatic heterocycles. The minimum absolute atomic E-state index is 0. The first-order valence-corrected chi connectivity index (χ1v) is 9.20. The molecule has 1 saturated heterocycles. The van der Waals surface area contributed by atoms with Gasteiger partial charge in [-0.25, -0.2) is 8.42 Å². The minimum Gasteiger partial charge on any atom is -0.317 e. The zero-order valence-corrected chi connectivity index (χ0v) is 15.2. The first kappa shape index (κ1) is 18.5. The largest absolute Gasteiger partial charge is 0.317 e. The Morgan fingerprint density at radius 2 is 1.70 bits per heavy atom. The molecule has 0 radical (unpaired) electrons. The molecule has 0 unspecified atom stereocenters. The van der Waals surface area contributed by atoms with Crippen molar-refractivity contribution in [2.24, 2.45) is 0 Å². The van der Waals surface area contributed by atoms with Crippen molar-refractivity contribution in [1.29, 1.82) is 0 Å². The van der Waals surface area contributed by atoms with Gasteiger partial charge in [-0.3, -0.25) is 0 Å². The Bertz CT molecular complexity index is 788. The number of sulfonamides is 1. The van der Waals surface area contributed by atoms with Crippen LogP contribution in [0.3, 0.4) is 0 Å². The van der Waals surface area contributed by atoms with E-state index in [1.54, 1.807) is 16.4 Å². The van der Waals surface area contributed by atoms with Crippen LogP contribution >= 0.6 is 24.0 Å². The lowest BCUT2D eigenvalue weighted by molar-refractivity contribution is 0.298. The first-order chi connectivity index (χ1) is 10.5. The monoisotopic (exact) mass is 374 g/mol. The van der Waals surface area contributed by atoms with Gasteiger partial charge >= 0.3 is 0 Å². The maximum atomic E-state index is 13.0. The number of nitrogens with zero attached hydrogens (tertiary/aromatic N) is 1. The van der Waals surface area contributed by atoms with E-state index in [0.717, 1.165) is 18.2 Å². The SMILES string of the molecule is CNC1CCN(S(=O)(=O)c2ccc(Cl)c3ccccc23)CC1.Cl. The quantitative estimate of drug-likeness (QED) is 0.896. The second-order valence-electron chi connectivity index (χ2n) is 5.56. The fourth-order valence-corrected chi connectivity index (χ4v) is 4.88. The molecule has 0 aliphatic carbocycles. The van der Waals surface area contributed by atoms with Crippen LogP contribution in [0.1, 0.15) is 12.8 Å². The average Bonchev–Trinajstić information content (AvgIpc) is 2.55. The number of fused-ring (bicyclic) bond motifs is 1. The van der Waals surface area contributed by atoms with Crippen molar-refractivity contribution in [3.63, 3.8) is 0 Å². The minimum atomic E-state index is -3.49. The van der Waals surface area contributed by atoms with Gasteiger partial charge < -0.3 is 5.32 Å². The summed E-state index contributed by atoms with van der Waals surface area (Å²) < 4.78 is 27.5. The van der Waals surface area contributed by atoms with Gasteiger partial charge in [0.15, 0.2) is 0 Å². The van der Waals surface area contributed by atoms with Crippen LogP contribution < -0.4 is 5.32 Å². The fourth-order valence-electron chi connectivity index (χ4n) is 2.98. The van der Waals surface area contributed by atoms with Crippen LogP contribution in [0.5, 0.6) is 0 Å². The lowest BCUT2D eigenvalue weighted by Crippen LogP contribution is -2.43. The molecule has 126 valence electrons. The van der Waals surface area contributed by atoms with E-state index in [-0.39, 0.29) is 12.4 Å². The summed E-state index contributed by atoms with van der Waals surface area (Å²) >= 11 is 6.19. The number of rotatable bonds is 3. The zero-order valence-electron chi connectivity index (χ0n) is 12.8. The lowest BCUT2D eigenvalue weighted by atomic mass is 10.1. The Balaban J connectivity index is 0.00000192. The molecule has 0 bridgehead atoms. The van der Waals surface area contributed by atoms with E-state index < -0.39 is 10.0 Å². The highest BCUT2D eigenvalue weighted by atomic mass is 35.5. The maximum absolute atomic E-state index is 13.0. The van der Waals surface area contributed by atoms with Crippen LogP contribution in [-0.4, -0.2) is 38.9 Å². The van der Waals surface area contributed by atoms with Gasteiger partial charge in [0.05, 0.1) is 4.90 Å². The van der Waals surface area contributed by atoms with E-state index in [1.165, 1.54) is 0 Å². The Labute approximate surface area is 148 Å². The molecule has 0 saturated carbocycles. The fraction of sp³-hybridized carbons (Fsp3) is 0.375. The Hall–Kier alpha value is -0.850. The highest BCUT2D eigenvalue weighted by Crippen LogP contribution is 2.31. The number of hydrogen-bond donors (Lipinski definition) is 1. The van der Waals surface area contributed by atoms with Gasteiger partial charge in [0.2, 0.25) is 10.0 Å². The van der Waals surface area contributed by atoms with Crippen LogP contribution in [0, 0.1) is 0 Å². The van der Waals surface area contributed by atoms with E-state index in [0.29, 0.717) is 34.4 Å². The smallest absolute Gasteiger partial charge is 0.243 e. The van der Waals surface area contributed by atoms with E-state index in [2.05, 4.69) is 5.32 Å². The molecule has 7 heteroatoms. The standard InChI is InChI=1S/C16H19ClN2O2S.ClH/c1-18-12-8-10-19(11-9-12)22(20,21)16-7-6-15(17)13-4-2-3-5-14(13)16;/h2-7,12,18H,8-11H2,1H3;1H. The Morgan fingerprint density at radius 1 is 1.09 bits per heavy atom. The molecule has 4 nitrogen and oxygen atoms in total. The molecule has 0 atom stereocenters. The molecule has 2 aromatic rings. The topological polar surface area (TPSA) is 49.4 Å². The molecule has 23 heavy (non-hydrogen) atoms. The molecular formula is C16H20Cl2N2O2S. The predicted molar refractivity (Wildman–Crippen MR) is 97.0 cm³/mol. The van der Waals surface area contributed by atoms with Crippen LogP contribution in [-0.2, 0) is 10.0 Å². The Morgan fingerprint density at radius 3 is 2.30 bits per heavy atom. The summed E-state index contributed by atoms with van der Waals surface area (Å²) in [4.78, 5) is 0.343. The van der Waals surface area contributed by atoms with Crippen molar-refractivity contribution >= 4 is 44.8 Å². The van der Waals surface area contributed by atoms with Gasteiger partial charge in [-0.15, -0.1) is 12.4 Å². The van der Waals surface area contributed by atoms with Gasteiger partial charge in [0, 0.05) is 34.9 Å². The van der Waals surface area contributed by atoms with E-state index in [9.17, 15) is 8.42 Å². The van der Waals surface area contributed by atoms with E-state index >= 15 is 0 Å². The van der Waals surface area contributed by atoms with Gasteiger partial charge in [0.1, 0.15) is 0 Å². The molecule has 1 heterocycles. The van der Waals surface area contributed by atoms with Crippen LogP contribution in [0.4, 0.5) is 0 Å². The third-order valence-corrected chi connectivity index (χ3v) is 6.60. The third-order valence-electron chi connectivity index (χ3n) is 4.31. The van der Waals surface area contributed by atoms with E-state index in [4.69, 9.17) is 11.6 Å². The number of halogens is 2. The summed E-state index contributed by atoms with van der Waals surface area (Å²) in [7, 11) is -1.57. The second kappa shape index (κ2) is 7.36. The molecule has 0 amide bonds. The van der Waals surface area contributed by atoms with Crippen molar-refractivity contribution in [3.8, 4) is 0 Å². The number of nitrogens with one attached hydrogen (secondary N) is 1. The summed E-state index contributed by atoms with van der Waals surface area (Å²) in [6.07, 6.45) is 1.67. The normalized spacial score (nSPS) is 17.1. The predicted octanol–water partition coefficient (Wildman–Crippen LogP) is 3.29. The molecular weight excluding hydrogens is 355 g/mol. The summed E-state index contributed by atoms with van der Waals surface area (Å²) in [6, 6.07) is 11.0. The lowest BCUT2D eigenvalue weighted by Gasteiger charge is -2.31. The summed E-state index contributed by atoms with van der Waals surface area (Å²) in [5.74, 6) is 0. The second-order valence-corrected chi connectivity index (χ2v) is 7.87. The maximum Gasteiger partial charge on any atom is 0.243 e. The van der Waals surface area contributed by atoms with Crippen molar-refractivity contribution < 1.29 is 8.42 Å². The molecule has 1 N–H and O–H groups in total. The molecule has 1 fully saturated rings. The van der Waals surface area contributed by atoms with Gasteiger partial charge in [0.25, 0.3) is 0 Å². The summed E-state index contributed by atoms with van der Waals surface area (Å²) in [5.41, 5.74) is 0. The van der Waals surface area contributed by atoms with Crippen LogP contribution in [0.15, 0.2) is 41.3 Å². The molecule has 2 aromatic carbocycles. The van der Waals surface area contributed by atoms with E-state index in [1.807, 2.05) is 31.3 Å². The number of piperidine rings is 1. The number of hydrogen-bond acceptors (Lipinski definition) is 3. The third kappa shape index (κ3) is 3.49. The van der Waals surface area contributed by atoms with Crippen molar-refractivity contribution in [3.05, 3.63) is 41.4 Å². The first-order valence-electron chi connectivity index (χ1n) is 7.38. The summed E-state index contributed by atoms with van der Waals surface area (Å²) in [6.45, 7) is 1.09. The molecule has 0 spiro atoms. The van der Waals surface area contributed by atoms with Crippen molar-refractivity contribution in [2.45, 2.75) is 23.8 Å². The van der Waals surface area contributed by atoms with Crippen molar-refractivity contribution in [2.75, 3.05) is 20.1 Å². The summed E-state index contributed by atoms with van der Waals surface area (Å²) in [5, 5.41) is 5.25. The molecule has 0 aromatic heterocycles. The van der Waals surface area contributed by atoms with Crippen molar-refractivity contribution in [1.82, 2.24) is 9.62 Å². The average molecular weight is 375 g/mol. The van der Waals surface area contributed by atoms with Gasteiger partial charge in [-0.1, -0.05) is 35.9 Å². The highest BCUT2D eigenvalue weighted by molar-refractivity contribution is 7.89. The molecule has 3 rings (SSSR count). The highest BCUT2D eigenvalue weighted by Gasteiger charge is 2.30. The van der Waals surface area contributed by atoms with Crippen LogP contribution in [0.25, 0.3) is 10.8 Å². The number of benzene rings is 2. The zero-order chi connectivity index (χ0) is 15.7. The van der Waals surface area contributed by atoms with Gasteiger partial charge in [-0.05, 0) is 32.0 Å². The van der Waals surface area contributed by atoms with Gasteiger partial charge in [-0.2, -0.15) is 4.31 Å².